The van der Waals surface area contributed by atoms with Crippen LogP contribution in [0.4, 0.5) is 4.39 Å². The minimum atomic E-state index is -0.666. The van der Waals surface area contributed by atoms with E-state index in [1.54, 1.807) is 31.5 Å². The van der Waals surface area contributed by atoms with Gasteiger partial charge in [0.2, 0.25) is 0 Å². The summed E-state index contributed by atoms with van der Waals surface area (Å²) >= 11 is 0. The van der Waals surface area contributed by atoms with Gasteiger partial charge in [0.1, 0.15) is 24.0 Å². The Balaban J connectivity index is 1.99. The van der Waals surface area contributed by atoms with Crippen molar-refractivity contribution in [2.24, 2.45) is 7.05 Å². The van der Waals surface area contributed by atoms with Crippen LogP contribution < -0.4 is 10.9 Å². The molecule has 3 aromatic rings. The Morgan fingerprint density at radius 1 is 1.29 bits per heavy atom. The minimum absolute atomic E-state index is 0.162. The van der Waals surface area contributed by atoms with Gasteiger partial charge in [-0.1, -0.05) is 12.1 Å². The van der Waals surface area contributed by atoms with Gasteiger partial charge >= 0.3 is 0 Å². The molecule has 0 spiro atoms. The number of aryl methyl sites for hydroxylation is 1. The molecule has 3 N–H and O–H groups in total. The summed E-state index contributed by atoms with van der Waals surface area (Å²) in [4.78, 5) is 29.2. The van der Waals surface area contributed by atoms with Crippen LogP contribution in [0.2, 0.25) is 0 Å². The van der Waals surface area contributed by atoms with Crippen molar-refractivity contribution in [2.45, 2.75) is 6.42 Å². The van der Waals surface area contributed by atoms with Gasteiger partial charge < -0.3 is 19.7 Å². The van der Waals surface area contributed by atoms with Crippen LogP contribution in [0.25, 0.3) is 11.0 Å². The number of fused-ring (bicyclic) bond motifs is 1. The third-order valence-corrected chi connectivity index (χ3v) is 4.43. The first-order chi connectivity index (χ1) is 13.4. The normalized spacial score (nSPS) is 11.0. The Labute approximate surface area is 160 Å². The fourth-order valence-electron chi connectivity index (χ4n) is 2.94. The highest BCUT2D eigenvalue weighted by molar-refractivity contribution is 6.01. The van der Waals surface area contributed by atoms with Gasteiger partial charge in [0.05, 0.1) is 12.1 Å². The SMILES string of the molecule is C[OH+]CCNC(=O)c1c(O)c2ncc(Cc3ccc(F)cc3)cc2n(C)c1=O. The molecule has 0 bridgehead atoms. The number of aromatic hydroxyl groups is 1. The van der Waals surface area contributed by atoms with E-state index in [4.69, 9.17) is 0 Å². The van der Waals surface area contributed by atoms with Crippen molar-refractivity contribution < 1.29 is 19.0 Å². The van der Waals surface area contributed by atoms with Gasteiger partial charge in [0, 0.05) is 13.2 Å². The molecule has 8 heteroatoms. The van der Waals surface area contributed by atoms with Crippen LogP contribution in [0.15, 0.2) is 41.3 Å². The predicted molar refractivity (Wildman–Crippen MR) is 103 cm³/mol. The smallest absolute Gasteiger partial charge is 0.267 e. The van der Waals surface area contributed by atoms with Crippen LogP contribution >= 0.6 is 0 Å². The van der Waals surface area contributed by atoms with E-state index in [1.165, 1.54) is 23.7 Å². The topological polar surface area (TPSA) is 97.0 Å². The van der Waals surface area contributed by atoms with E-state index < -0.39 is 17.2 Å². The molecule has 0 radical (unpaired) electrons. The average Bonchev–Trinajstić information content (AvgIpc) is 2.68. The summed E-state index contributed by atoms with van der Waals surface area (Å²) < 4.78 is 18.2. The highest BCUT2D eigenvalue weighted by Crippen LogP contribution is 2.25. The summed E-state index contributed by atoms with van der Waals surface area (Å²) in [6.07, 6.45) is 2.05. The van der Waals surface area contributed by atoms with E-state index >= 15 is 0 Å². The zero-order chi connectivity index (χ0) is 20.3. The van der Waals surface area contributed by atoms with Gasteiger partial charge in [0.25, 0.3) is 11.5 Å². The number of pyridine rings is 2. The summed E-state index contributed by atoms with van der Waals surface area (Å²) in [6.45, 7) is 0.672. The standard InChI is InChI=1S/C20H20FN3O4/c1-24-15-10-13(9-12-3-5-14(21)6-4-12)11-23-17(15)18(25)16(20(24)27)19(26)22-7-8-28-2/h3-6,10-11,25H,7-9H2,1-2H3,(H,22,26)/p+1. The quantitative estimate of drug-likeness (QED) is 0.492. The third kappa shape index (κ3) is 3.86. The van der Waals surface area contributed by atoms with Gasteiger partial charge in [-0.15, -0.1) is 0 Å². The van der Waals surface area contributed by atoms with Crippen LogP contribution in [0.1, 0.15) is 21.5 Å². The van der Waals surface area contributed by atoms with Crippen LogP contribution in [-0.4, -0.2) is 45.6 Å². The summed E-state index contributed by atoms with van der Waals surface area (Å²) in [5.74, 6) is -1.43. The fraction of sp³-hybridized carbons (Fsp3) is 0.250. The number of ether oxygens (including phenoxy) is 1. The maximum Gasteiger partial charge on any atom is 0.267 e. The summed E-state index contributed by atoms with van der Waals surface area (Å²) in [6, 6.07) is 7.83. The van der Waals surface area contributed by atoms with Crippen LogP contribution in [0, 0.1) is 5.82 Å². The lowest BCUT2D eigenvalue weighted by atomic mass is 10.1. The van der Waals surface area contributed by atoms with Crippen LogP contribution in [0.5, 0.6) is 5.75 Å². The molecule has 146 valence electrons. The number of hydrogen-bond acceptors (Lipinski definition) is 4. The second-order valence-corrected chi connectivity index (χ2v) is 6.40. The maximum atomic E-state index is 13.1. The van der Waals surface area contributed by atoms with Gasteiger partial charge in [0.15, 0.2) is 12.4 Å². The lowest BCUT2D eigenvalue weighted by Crippen LogP contribution is -2.34. The molecule has 0 aliphatic heterocycles. The molecule has 28 heavy (non-hydrogen) atoms. The van der Waals surface area contributed by atoms with E-state index in [2.05, 4.69) is 15.0 Å². The Bertz CT molecular complexity index is 1080. The number of nitrogens with zero attached hydrogens (tertiary/aromatic N) is 2. The van der Waals surface area contributed by atoms with Crippen molar-refractivity contribution in [2.75, 3.05) is 20.3 Å². The van der Waals surface area contributed by atoms with Crippen LogP contribution in [-0.2, 0) is 13.5 Å². The number of carbonyl (C=O) groups excluding carboxylic acids is 1. The van der Waals surface area contributed by atoms with Gasteiger partial charge in [-0.2, -0.15) is 0 Å². The summed E-state index contributed by atoms with van der Waals surface area (Å²) in [5.41, 5.74) is 1.28. The van der Waals surface area contributed by atoms with Gasteiger partial charge in [-0.25, -0.2) is 4.39 Å². The van der Waals surface area contributed by atoms with Crippen molar-refractivity contribution >= 4 is 16.9 Å². The van der Waals surface area contributed by atoms with Crippen molar-refractivity contribution in [3.05, 3.63) is 69.4 Å². The molecular weight excluding hydrogens is 365 g/mol. The number of aliphatic hydroxyl groups is 2. The molecule has 0 atom stereocenters. The summed E-state index contributed by atoms with van der Waals surface area (Å²) in [7, 11) is 3.14. The number of rotatable bonds is 6. The lowest BCUT2D eigenvalue weighted by Gasteiger charge is -2.12. The summed E-state index contributed by atoms with van der Waals surface area (Å²) in [5, 5.41) is 13.0. The Morgan fingerprint density at radius 3 is 2.68 bits per heavy atom. The number of hydrogen-bond donors (Lipinski definition) is 2. The molecule has 7 nitrogen and oxygen atoms in total. The third-order valence-electron chi connectivity index (χ3n) is 4.43. The van der Waals surface area contributed by atoms with Gasteiger partial charge in [-0.05, 0) is 35.7 Å². The first-order valence-corrected chi connectivity index (χ1v) is 8.71. The predicted octanol–water partition coefficient (Wildman–Crippen LogP) is 1.26. The Kier molecular flexibility index (Phi) is 5.70. The molecule has 3 rings (SSSR count). The Hall–Kier alpha value is -3.26. The van der Waals surface area contributed by atoms with E-state index in [0.717, 1.165) is 11.1 Å². The molecule has 0 saturated heterocycles. The highest BCUT2D eigenvalue weighted by atomic mass is 19.1. The molecule has 2 heterocycles. The van der Waals surface area contributed by atoms with Crippen molar-refractivity contribution in [1.82, 2.24) is 14.9 Å². The minimum Gasteiger partial charge on any atom is -0.505 e. The number of carbonyl (C=O) groups is 1. The van der Waals surface area contributed by atoms with Crippen molar-refractivity contribution in [3.8, 4) is 5.75 Å². The zero-order valence-electron chi connectivity index (χ0n) is 15.6. The van der Waals surface area contributed by atoms with Gasteiger partial charge in [-0.3, -0.25) is 14.6 Å². The second kappa shape index (κ2) is 8.18. The molecular formula is C20H21FN3O4+. The molecule has 0 saturated carbocycles. The van der Waals surface area contributed by atoms with E-state index in [9.17, 15) is 19.1 Å². The number of aromatic nitrogens is 2. The van der Waals surface area contributed by atoms with Crippen molar-refractivity contribution in [1.29, 1.82) is 0 Å². The zero-order valence-corrected chi connectivity index (χ0v) is 15.6. The average molecular weight is 386 g/mol. The van der Waals surface area contributed by atoms with Crippen LogP contribution in [0.3, 0.4) is 0 Å². The lowest BCUT2D eigenvalue weighted by molar-refractivity contribution is 0.0180. The molecule has 0 aliphatic rings. The number of benzene rings is 1. The largest absolute Gasteiger partial charge is 0.505 e. The van der Waals surface area contributed by atoms with Crippen molar-refractivity contribution in [3.63, 3.8) is 0 Å². The molecule has 1 aromatic carbocycles. The monoisotopic (exact) mass is 386 g/mol. The number of amides is 1. The second-order valence-electron chi connectivity index (χ2n) is 6.40. The number of nitrogens with one attached hydrogen (secondary N) is 1. The molecule has 0 unspecified atom stereocenters. The molecule has 2 aromatic heterocycles. The Morgan fingerprint density at radius 2 is 2.00 bits per heavy atom. The molecule has 0 fully saturated rings. The number of halogens is 1. The fourth-order valence-corrected chi connectivity index (χ4v) is 2.94. The first kappa shape index (κ1) is 19.5. The molecule has 1 amide bonds. The van der Waals surface area contributed by atoms with E-state index in [1.807, 2.05) is 0 Å². The molecule has 0 aliphatic carbocycles. The van der Waals surface area contributed by atoms with E-state index in [-0.39, 0.29) is 23.4 Å². The van der Waals surface area contributed by atoms with E-state index in [0.29, 0.717) is 18.5 Å². The maximum absolute atomic E-state index is 13.1. The highest BCUT2D eigenvalue weighted by Gasteiger charge is 2.22. The first-order valence-electron chi connectivity index (χ1n) is 8.71.